The highest BCUT2D eigenvalue weighted by Gasteiger charge is 2.50. The van der Waals surface area contributed by atoms with E-state index in [4.69, 9.17) is 4.42 Å². The molecule has 26 heavy (non-hydrogen) atoms. The third-order valence-corrected chi connectivity index (χ3v) is 8.50. The van der Waals surface area contributed by atoms with Crippen LogP contribution in [0.15, 0.2) is 28.9 Å². The standard InChI is InChI=1S/C20H24N2O2S2/c1-13-16-15(9-19(2,3)12-20(16)25-7-8-26-20)24-17(13)18(23)22-11-14-5-4-6-21-10-14/h4-6,10H,7-9,11-12H2,1-3H3,(H,22,23). The van der Waals surface area contributed by atoms with Crippen LogP contribution in [0.3, 0.4) is 0 Å². The van der Waals surface area contributed by atoms with E-state index in [0.29, 0.717) is 12.3 Å². The van der Waals surface area contributed by atoms with Gasteiger partial charge in [-0.15, -0.1) is 23.5 Å². The molecule has 1 aliphatic heterocycles. The minimum absolute atomic E-state index is 0.0482. The van der Waals surface area contributed by atoms with Crippen LogP contribution >= 0.6 is 23.5 Å². The molecule has 3 heterocycles. The van der Waals surface area contributed by atoms with Crippen molar-refractivity contribution in [2.24, 2.45) is 5.41 Å². The van der Waals surface area contributed by atoms with Gasteiger partial charge in [-0.1, -0.05) is 19.9 Å². The molecule has 138 valence electrons. The van der Waals surface area contributed by atoms with Crippen LogP contribution in [-0.2, 0) is 17.0 Å². The van der Waals surface area contributed by atoms with Crippen molar-refractivity contribution in [2.75, 3.05) is 11.5 Å². The summed E-state index contributed by atoms with van der Waals surface area (Å²) in [5, 5.41) is 2.98. The number of hydrogen-bond donors (Lipinski definition) is 1. The van der Waals surface area contributed by atoms with Gasteiger partial charge in [-0.05, 0) is 30.4 Å². The van der Waals surface area contributed by atoms with Gasteiger partial charge in [0.15, 0.2) is 5.76 Å². The lowest BCUT2D eigenvalue weighted by Gasteiger charge is -2.41. The highest BCUT2D eigenvalue weighted by molar-refractivity contribution is 8.20. The Balaban J connectivity index is 1.63. The summed E-state index contributed by atoms with van der Waals surface area (Å²) in [4.78, 5) is 16.9. The minimum atomic E-state index is -0.137. The van der Waals surface area contributed by atoms with Crippen LogP contribution in [0.4, 0.5) is 0 Å². The smallest absolute Gasteiger partial charge is 0.287 e. The van der Waals surface area contributed by atoms with E-state index in [1.54, 1.807) is 12.4 Å². The number of carbonyl (C=O) groups excluding carboxylic acids is 1. The molecule has 1 aliphatic carbocycles. The molecule has 0 atom stereocenters. The second kappa shape index (κ2) is 6.64. The monoisotopic (exact) mass is 388 g/mol. The molecule has 1 amide bonds. The molecule has 6 heteroatoms. The van der Waals surface area contributed by atoms with Gasteiger partial charge in [0.1, 0.15) is 5.76 Å². The van der Waals surface area contributed by atoms with Crippen molar-refractivity contribution in [3.05, 3.63) is 52.7 Å². The molecule has 0 bridgehead atoms. The van der Waals surface area contributed by atoms with E-state index in [9.17, 15) is 4.79 Å². The van der Waals surface area contributed by atoms with E-state index in [1.165, 1.54) is 5.56 Å². The first-order chi connectivity index (χ1) is 12.4. The van der Waals surface area contributed by atoms with Gasteiger partial charge in [0.2, 0.25) is 0 Å². The van der Waals surface area contributed by atoms with E-state index in [2.05, 4.69) is 24.1 Å². The Hall–Kier alpha value is -1.40. The van der Waals surface area contributed by atoms with Crippen LogP contribution in [0.1, 0.15) is 53.3 Å². The van der Waals surface area contributed by atoms with Gasteiger partial charge in [-0.25, -0.2) is 0 Å². The van der Waals surface area contributed by atoms with Crippen LogP contribution < -0.4 is 5.32 Å². The molecule has 0 radical (unpaired) electrons. The highest BCUT2D eigenvalue weighted by atomic mass is 32.2. The lowest BCUT2D eigenvalue weighted by molar-refractivity contribution is 0.0918. The van der Waals surface area contributed by atoms with Crippen molar-refractivity contribution in [1.29, 1.82) is 0 Å². The molecule has 4 nitrogen and oxygen atoms in total. The SMILES string of the molecule is Cc1c(C(=O)NCc2cccnc2)oc2c1C1(CC(C)(C)C2)SCCS1. The zero-order valence-electron chi connectivity index (χ0n) is 15.4. The number of nitrogens with one attached hydrogen (secondary N) is 1. The second-order valence-corrected chi connectivity index (χ2v) is 10.9. The molecular weight excluding hydrogens is 364 g/mol. The van der Waals surface area contributed by atoms with Gasteiger partial charge in [0, 0.05) is 48.0 Å². The third-order valence-electron chi connectivity index (χ3n) is 5.09. The molecule has 1 saturated heterocycles. The lowest BCUT2D eigenvalue weighted by Crippen LogP contribution is -2.33. The fourth-order valence-electron chi connectivity index (χ4n) is 4.09. The molecule has 2 aliphatic rings. The molecule has 0 aromatic carbocycles. The first-order valence-electron chi connectivity index (χ1n) is 8.98. The van der Waals surface area contributed by atoms with E-state index < -0.39 is 0 Å². The Bertz CT molecular complexity index is 824. The Morgan fingerprint density at radius 2 is 2.12 bits per heavy atom. The summed E-state index contributed by atoms with van der Waals surface area (Å²) in [6, 6.07) is 3.83. The Kier molecular flexibility index (Phi) is 4.59. The largest absolute Gasteiger partial charge is 0.455 e. The Morgan fingerprint density at radius 1 is 1.35 bits per heavy atom. The van der Waals surface area contributed by atoms with Gasteiger partial charge < -0.3 is 9.73 Å². The Labute approximate surface area is 162 Å². The maximum Gasteiger partial charge on any atom is 0.287 e. The van der Waals surface area contributed by atoms with Crippen LogP contribution in [0.2, 0.25) is 0 Å². The molecular formula is C20H24N2O2S2. The van der Waals surface area contributed by atoms with Crippen LogP contribution in [0, 0.1) is 12.3 Å². The second-order valence-electron chi connectivity index (χ2n) is 7.87. The summed E-state index contributed by atoms with van der Waals surface area (Å²) in [6.45, 7) is 7.10. The van der Waals surface area contributed by atoms with E-state index in [0.717, 1.165) is 41.2 Å². The predicted molar refractivity (Wildman–Crippen MR) is 108 cm³/mol. The summed E-state index contributed by atoms with van der Waals surface area (Å²) in [7, 11) is 0. The average molecular weight is 389 g/mol. The van der Waals surface area contributed by atoms with Crippen LogP contribution in [-0.4, -0.2) is 22.4 Å². The molecule has 0 saturated carbocycles. The molecule has 4 rings (SSSR count). The van der Waals surface area contributed by atoms with E-state index in [1.807, 2.05) is 42.6 Å². The number of pyridine rings is 1. The first kappa shape index (κ1) is 18.0. The fourth-order valence-corrected chi connectivity index (χ4v) is 8.06. The van der Waals surface area contributed by atoms with Gasteiger partial charge in [0.25, 0.3) is 5.91 Å². The van der Waals surface area contributed by atoms with Crippen molar-refractivity contribution in [3.8, 4) is 0 Å². The molecule has 1 N–H and O–H groups in total. The lowest BCUT2D eigenvalue weighted by atomic mass is 9.76. The molecule has 1 spiro atoms. The van der Waals surface area contributed by atoms with Crippen LogP contribution in [0.25, 0.3) is 0 Å². The normalized spacial score (nSPS) is 20.1. The highest BCUT2D eigenvalue weighted by Crippen LogP contribution is 2.62. The maximum atomic E-state index is 12.8. The number of aromatic nitrogens is 1. The van der Waals surface area contributed by atoms with E-state index in [-0.39, 0.29) is 15.4 Å². The number of amides is 1. The van der Waals surface area contributed by atoms with Gasteiger partial charge in [0.05, 0.1) is 4.08 Å². The fraction of sp³-hybridized carbons (Fsp3) is 0.500. The van der Waals surface area contributed by atoms with Gasteiger partial charge in [-0.3, -0.25) is 9.78 Å². The van der Waals surface area contributed by atoms with Crippen LogP contribution in [0.5, 0.6) is 0 Å². The van der Waals surface area contributed by atoms with Crippen molar-refractivity contribution >= 4 is 29.4 Å². The number of hydrogen-bond acceptors (Lipinski definition) is 5. The average Bonchev–Trinajstić information content (AvgIpc) is 3.17. The number of fused-ring (bicyclic) bond motifs is 2. The van der Waals surface area contributed by atoms with Crippen molar-refractivity contribution < 1.29 is 9.21 Å². The summed E-state index contributed by atoms with van der Waals surface area (Å²) in [5.41, 5.74) is 3.46. The zero-order chi connectivity index (χ0) is 18.4. The van der Waals surface area contributed by atoms with Gasteiger partial charge in [-0.2, -0.15) is 0 Å². The molecule has 2 aromatic rings. The summed E-state index contributed by atoms with van der Waals surface area (Å²) >= 11 is 4.05. The third kappa shape index (κ3) is 3.18. The van der Waals surface area contributed by atoms with E-state index >= 15 is 0 Å². The maximum absolute atomic E-state index is 12.8. The summed E-state index contributed by atoms with van der Waals surface area (Å²) in [6.07, 6.45) is 5.51. The molecule has 1 fully saturated rings. The zero-order valence-corrected chi connectivity index (χ0v) is 17.1. The summed E-state index contributed by atoms with van der Waals surface area (Å²) in [5.74, 6) is 3.67. The number of rotatable bonds is 3. The van der Waals surface area contributed by atoms with Crippen molar-refractivity contribution in [1.82, 2.24) is 10.3 Å². The molecule has 0 unspecified atom stereocenters. The summed E-state index contributed by atoms with van der Waals surface area (Å²) < 4.78 is 6.20. The quantitative estimate of drug-likeness (QED) is 0.838. The number of nitrogens with zero attached hydrogens (tertiary/aromatic N) is 1. The predicted octanol–water partition coefficient (Wildman–Crippen LogP) is 4.52. The number of thioether (sulfide) groups is 2. The number of furan rings is 1. The molecule has 2 aromatic heterocycles. The number of carbonyl (C=O) groups is 1. The van der Waals surface area contributed by atoms with Crippen molar-refractivity contribution in [3.63, 3.8) is 0 Å². The van der Waals surface area contributed by atoms with Crippen molar-refractivity contribution in [2.45, 2.75) is 44.2 Å². The van der Waals surface area contributed by atoms with Gasteiger partial charge >= 0.3 is 0 Å². The first-order valence-corrected chi connectivity index (χ1v) is 11.0. The minimum Gasteiger partial charge on any atom is -0.455 e. The Morgan fingerprint density at radius 3 is 2.81 bits per heavy atom. The topological polar surface area (TPSA) is 55.1 Å².